The molecule has 0 saturated heterocycles. The van der Waals surface area contributed by atoms with Crippen molar-refractivity contribution in [1.82, 2.24) is 4.98 Å². The van der Waals surface area contributed by atoms with E-state index >= 15 is 0 Å². The molecule has 3 aromatic rings. The molecular weight excluding hydrogens is 344 g/mol. The van der Waals surface area contributed by atoms with Crippen molar-refractivity contribution in [3.63, 3.8) is 0 Å². The Hall–Kier alpha value is -2.25. The fourth-order valence-corrected chi connectivity index (χ4v) is 3.85. The highest BCUT2D eigenvalue weighted by Crippen LogP contribution is 2.32. The number of benzene rings is 2. The molecule has 5 nitrogen and oxygen atoms in total. The summed E-state index contributed by atoms with van der Waals surface area (Å²) < 4.78 is 12.0. The fraction of sp³-hybridized carbons (Fsp3) is 0.176. The zero-order valence-electron chi connectivity index (χ0n) is 12.9. The van der Waals surface area contributed by atoms with Crippen LogP contribution in [0.1, 0.15) is 10.4 Å². The molecule has 1 aliphatic heterocycles. The molecule has 1 aliphatic rings. The number of nitrogens with one attached hydrogen (secondary N) is 1. The molecule has 0 bridgehead atoms. The summed E-state index contributed by atoms with van der Waals surface area (Å²) in [4.78, 5) is 18.1. The number of carbonyl (C=O) groups excluding carboxylic acids is 1. The van der Waals surface area contributed by atoms with Crippen LogP contribution in [0.25, 0.3) is 10.2 Å². The maximum absolute atomic E-state index is 12.5. The summed E-state index contributed by atoms with van der Waals surface area (Å²) in [7, 11) is 0. The summed E-state index contributed by atoms with van der Waals surface area (Å²) >= 11 is 3.15. The first-order valence-electron chi connectivity index (χ1n) is 7.38. The Morgan fingerprint density at radius 1 is 1.17 bits per heavy atom. The highest BCUT2D eigenvalue weighted by Gasteiger charge is 2.16. The number of thiazole rings is 1. The van der Waals surface area contributed by atoms with Crippen LogP contribution in [0.2, 0.25) is 0 Å². The van der Waals surface area contributed by atoms with Gasteiger partial charge in [0.1, 0.15) is 13.2 Å². The molecule has 24 heavy (non-hydrogen) atoms. The van der Waals surface area contributed by atoms with Crippen LogP contribution < -0.4 is 14.8 Å². The van der Waals surface area contributed by atoms with Crippen LogP contribution >= 0.6 is 23.1 Å². The fourth-order valence-electron chi connectivity index (χ4n) is 2.44. The number of thioether (sulfide) groups is 1. The van der Waals surface area contributed by atoms with Crippen molar-refractivity contribution in [3.8, 4) is 11.5 Å². The third-order valence-electron chi connectivity index (χ3n) is 3.62. The zero-order valence-corrected chi connectivity index (χ0v) is 14.5. The van der Waals surface area contributed by atoms with Crippen LogP contribution in [0.3, 0.4) is 0 Å². The molecule has 0 spiro atoms. The number of hydrogen-bond donors (Lipinski definition) is 1. The van der Waals surface area contributed by atoms with E-state index in [0.29, 0.717) is 35.4 Å². The lowest BCUT2D eigenvalue weighted by Gasteiger charge is -2.18. The van der Waals surface area contributed by atoms with E-state index in [1.165, 1.54) is 16.2 Å². The minimum Gasteiger partial charge on any atom is -0.486 e. The van der Waals surface area contributed by atoms with Crippen molar-refractivity contribution in [3.05, 3.63) is 42.0 Å². The van der Waals surface area contributed by atoms with E-state index in [4.69, 9.17) is 9.47 Å². The van der Waals surface area contributed by atoms with Gasteiger partial charge >= 0.3 is 0 Å². The van der Waals surface area contributed by atoms with Gasteiger partial charge in [0.25, 0.3) is 5.91 Å². The van der Waals surface area contributed by atoms with E-state index in [0.717, 1.165) is 10.2 Å². The number of hydrogen-bond acceptors (Lipinski definition) is 6. The predicted molar refractivity (Wildman–Crippen MR) is 96.8 cm³/mol. The van der Waals surface area contributed by atoms with Crippen molar-refractivity contribution in [2.45, 2.75) is 4.90 Å². The number of aromatic nitrogens is 1. The monoisotopic (exact) mass is 358 g/mol. The molecular formula is C17H14N2O3S2. The molecule has 7 heteroatoms. The molecule has 0 unspecified atom stereocenters. The van der Waals surface area contributed by atoms with Gasteiger partial charge in [-0.25, -0.2) is 4.98 Å². The first kappa shape index (κ1) is 15.3. The first-order valence-corrected chi connectivity index (χ1v) is 9.42. The smallest absolute Gasteiger partial charge is 0.257 e. The largest absolute Gasteiger partial charge is 0.486 e. The van der Waals surface area contributed by atoms with Crippen molar-refractivity contribution >= 4 is 44.4 Å². The number of anilines is 1. The van der Waals surface area contributed by atoms with E-state index in [-0.39, 0.29) is 5.91 Å². The first-order chi connectivity index (χ1) is 11.7. The second-order valence-electron chi connectivity index (χ2n) is 5.17. The second kappa shape index (κ2) is 6.33. The summed E-state index contributed by atoms with van der Waals surface area (Å²) in [5.41, 5.74) is 1.40. The normalized spacial score (nSPS) is 13.0. The van der Waals surface area contributed by atoms with Gasteiger partial charge in [-0.05, 0) is 42.7 Å². The molecule has 0 atom stereocenters. The molecule has 2 heterocycles. The Morgan fingerprint density at radius 3 is 2.83 bits per heavy atom. The van der Waals surface area contributed by atoms with Crippen molar-refractivity contribution < 1.29 is 14.3 Å². The van der Waals surface area contributed by atoms with Gasteiger partial charge in [0, 0.05) is 10.5 Å². The number of nitrogens with zero attached hydrogens (tertiary/aromatic N) is 1. The molecule has 0 saturated carbocycles. The summed E-state index contributed by atoms with van der Waals surface area (Å²) in [5, 5.41) is 3.44. The van der Waals surface area contributed by atoms with Crippen molar-refractivity contribution in [2.75, 3.05) is 24.8 Å². The van der Waals surface area contributed by atoms with Gasteiger partial charge in [0.2, 0.25) is 0 Å². The maximum atomic E-state index is 12.5. The van der Waals surface area contributed by atoms with Gasteiger partial charge in [-0.15, -0.1) is 11.8 Å². The second-order valence-corrected chi connectivity index (χ2v) is 7.08. The van der Waals surface area contributed by atoms with Gasteiger partial charge in [-0.1, -0.05) is 11.3 Å². The van der Waals surface area contributed by atoms with Crippen LogP contribution in [-0.2, 0) is 0 Å². The molecule has 1 N–H and O–H groups in total. The number of carbonyl (C=O) groups is 1. The Balaban J connectivity index is 1.57. The summed E-state index contributed by atoms with van der Waals surface area (Å²) in [6.45, 7) is 1.02. The highest BCUT2D eigenvalue weighted by atomic mass is 32.2. The molecule has 0 radical (unpaired) electrons. The van der Waals surface area contributed by atoms with E-state index < -0.39 is 0 Å². The average molecular weight is 358 g/mol. The van der Waals surface area contributed by atoms with E-state index in [1.807, 2.05) is 18.4 Å². The highest BCUT2D eigenvalue weighted by molar-refractivity contribution is 7.98. The van der Waals surface area contributed by atoms with Gasteiger partial charge in [0.15, 0.2) is 16.6 Å². The lowest BCUT2D eigenvalue weighted by atomic mass is 10.2. The van der Waals surface area contributed by atoms with Crippen molar-refractivity contribution in [2.24, 2.45) is 0 Å². The van der Waals surface area contributed by atoms with Crippen LogP contribution in [0.4, 0.5) is 5.13 Å². The predicted octanol–water partition coefficient (Wildman–Crippen LogP) is 4.04. The minimum absolute atomic E-state index is 0.212. The number of fused-ring (bicyclic) bond motifs is 2. The Labute approximate surface area is 147 Å². The van der Waals surface area contributed by atoms with Crippen molar-refractivity contribution in [1.29, 1.82) is 0 Å². The summed E-state index contributed by atoms with van der Waals surface area (Å²) in [6, 6.07) is 11.3. The molecule has 1 amide bonds. The standard InChI is InChI=1S/C17H14N2O3S2/c1-23-11-3-4-12-15(9-11)24-17(18-12)19-16(20)10-2-5-13-14(8-10)22-7-6-21-13/h2-5,8-9H,6-7H2,1H3,(H,18,19,20). The van der Waals surface area contributed by atoms with Crippen LogP contribution in [0, 0.1) is 0 Å². The van der Waals surface area contributed by atoms with Gasteiger partial charge in [0.05, 0.1) is 10.2 Å². The SMILES string of the molecule is CSc1ccc2nc(NC(=O)c3ccc4c(c3)OCCO4)sc2c1. The minimum atomic E-state index is -0.212. The summed E-state index contributed by atoms with van der Waals surface area (Å²) in [5.74, 6) is 1.06. The van der Waals surface area contributed by atoms with E-state index in [1.54, 1.807) is 30.0 Å². The molecule has 0 aliphatic carbocycles. The number of rotatable bonds is 3. The maximum Gasteiger partial charge on any atom is 0.257 e. The molecule has 2 aromatic carbocycles. The summed E-state index contributed by atoms with van der Waals surface area (Å²) in [6.07, 6.45) is 2.03. The molecule has 4 rings (SSSR count). The lowest BCUT2D eigenvalue weighted by molar-refractivity contribution is 0.102. The zero-order chi connectivity index (χ0) is 16.5. The van der Waals surface area contributed by atoms with Crippen LogP contribution in [-0.4, -0.2) is 30.4 Å². The molecule has 0 fully saturated rings. The van der Waals surface area contributed by atoms with E-state index in [9.17, 15) is 4.79 Å². The molecule has 122 valence electrons. The Kier molecular flexibility index (Phi) is 4.03. The Bertz CT molecular complexity index is 923. The quantitative estimate of drug-likeness (QED) is 0.716. The Morgan fingerprint density at radius 2 is 2.00 bits per heavy atom. The third-order valence-corrected chi connectivity index (χ3v) is 5.28. The number of ether oxygens (including phenoxy) is 2. The van der Waals surface area contributed by atoms with Crippen LogP contribution in [0.5, 0.6) is 11.5 Å². The third kappa shape index (κ3) is 2.92. The van der Waals surface area contributed by atoms with Gasteiger partial charge in [-0.3, -0.25) is 10.1 Å². The van der Waals surface area contributed by atoms with Gasteiger partial charge in [-0.2, -0.15) is 0 Å². The lowest BCUT2D eigenvalue weighted by Crippen LogP contribution is -2.17. The van der Waals surface area contributed by atoms with E-state index in [2.05, 4.69) is 16.4 Å². The number of amides is 1. The topological polar surface area (TPSA) is 60.5 Å². The average Bonchev–Trinajstić information content (AvgIpc) is 3.02. The van der Waals surface area contributed by atoms with Crippen LogP contribution in [0.15, 0.2) is 41.3 Å². The molecule has 1 aromatic heterocycles. The van der Waals surface area contributed by atoms with Gasteiger partial charge < -0.3 is 9.47 Å².